The zero-order valence-corrected chi connectivity index (χ0v) is 14.0. The van der Waals surface area contributed by atoms with Crippen LogP contribution in [-0.2, 0) is 4.79 Å². The highest BCUT2D eigenvalue weighted by Gasteiger charge is 2.06. The van der Waals surface area contributed by atoms with E-state index in [-0.39, 0.29) is 18.3 Å². The molecule has 0 fully saturated rings. The summed E-state index contributed by atoms with van der Waals surface area (Å²) in [5, 5.41) is 10.7. The Kier molecular flexibility index (Phi) is 5.38. The molecule has 1 heterocycles. The fraction of sp³-hybridized carbons (Fsp3) is 0.105. The number of carbonyl (C=O) groups excluding carboxylic acids is 1. The number of amides is 1. The van der Waals surface area contributed by atoms with Gasteiger partial charge in [0.05, 0.1) is 12.8 Å². The van der Waals surface area contributed by atoms with Crippen molar-refractivity contribution in [3.8, 4) is 22.9 Å². The number of ether oxygens (including phenoxy) is 2. The highest BCUT2D eigenvalue weighted by atomic mass is 19.1. The minimum absolute atomic E-state index is 0.169. The van der Waals surface area contributed by atoms with Gasteiger partial charge in [0.1, 0.15) is 11.6 Å². The lowest BCUT2D eigenvalue weighted by Gasteiger charge is -2.08. The van der Waals surface area contributed by atoms with Crippen LogP contribution in [0.25, 0.3) is 11.3 Å². The second kappa shape index (κ2) is 8.06. The van der Waals surface area contributed by atoms with Crippen LogP contribution in [0.4, 0.5) is 10.1 Å². The predicted molar refractivity (Wildman–Crippen MR) is 94.5 cm³/mol. The number of aromatic nitrogens is 2. The lowest BCUT2D eigenvalue weighted by molar-refractivity contribution is -0.118. The van der Waals surface area contributed by atoms with Gasteiger partial charge in [-0.2, -0.15) is 0 Å². The van der Waals surface area contributed by atoms with E-state index in [1.165, 1.54) is 31.4 Å². The lowest BCUT2D eigenvalue weighted by atomic mass is 10.1. The van der Waals surface area contributed by atoms with Crippen LogP contribution in [0.1, 0.15) is 0 Å². The quantitative estimate of drug-likeness (QED) is 0.736. The van der Waals surface area contributed by atoms with Crippen molar-refractivity contribution in [3.63, 3.8) is 0 Å². The maximum absolute atomic E-state index is 12.8. The summed E-state index contributed by atoms with van der Waals surface area (Å²) in [4.78, 5) is 11.9. The number of methoxy groups -OCH3 is 1. The van der Waals surface area contributed by atoms with Crippen LogP contribution in [0.5, 0.6) is 11.6 Å². The molecule has 2 aromatic carbocycles. The van der Waals surface area contributed by atoms with E-state index in [9.17, 15) is 9.18 Å². The van der Waals surface area contributed by atoms with Gasteiger partial charge in [-0.25, -0.2) is 4.39 Å². The first-order valence-electron chi connectivity index (χ1n) is 7.80. The van der Waals surface area contributed by atoms with Crippen LogP contribution in [0.2, 0.25) is 0 Å². The third kappa shape index (κ3) is 4.54. The summed E-state index contributed by atoms with van der Waals surface area (Å²) in [6.45, 7) is -0.169. The first kappa shape index (κ1) is 17.3. The minimum atomic E-state index is -0.358. The van der Waals surface area contributed by atoms with Crippen molar-refractivity contribution in [2.45, 2.75) is 0 Å². The maximum atomic E-state index is 12.8. The summed E-state index contributed by atoms with van der Waals surface area (Å²) in [6.07, 6.45) is 0. The Morgan fingerprint density at radius 3 is 2.35 bits per heavy atom. The van der Waals surface area contributed by atoms with Gasteiger partial charge in [-0.1, -0.05) is 12.1 Å². The highest BCUT2D eigenvalue weighted by molar-refractivity contribution is 5.92. The molecule has 0 saturated carbocycles. The van der Waals surface area contributed by atoms with Crippen LogP contribution < -0.4 is 14.8 Å². The molecule has 0 unspecified atom stereocenters. The molecule has 0 aliphatic rings. The van der Waals surface area contributed by atoms with E-state index in [0.717, 1.165) is 5.56 Å². The molecular formula is C19H16FN3O3. The Labute approximate surface area is 149 Å². The molecule has 0 atom stereocenters. The molecule has 1 amide bonds. The van der Waals surface area contributed by atoms with Gasteiger partial charge in [0.2, 0.25) is 5.88 Å². The van der Waals surface area contributed by atoms with E-state index < -0.39 is 0 Å². The van der Waals surface area contributed by atoms with Gasteiger partial charge in [-0.3, -0.25) is 4.79 Å². The van der Waals surface area contributed by atoms with Crippen LogP contribution >= 0.6 is 0 Å². The van der Waals surface area contributed by atoms with Gasteiger partial charge in [0, 0.05) is 17.3 Å². The zero-order chi connectivity index (χ0) is 18.4. The molecule has 0 aliphatic carbocycles. The number of hydrogen-bond donors (Lipinski definition) is 1. The molecule has 6 nitrogen and oxygen atoms in total. The van der Waals surface area contributed by atoms with E-state index >= 15 is 0 Å². The SMILES string of the molecule is COc1ccc(-c2ccc(NC(=O)COc3ccc(F)cc3)cc2)nn1. The van der Waals surface area contributed by atoms with Crippen molar-refractivity contribution in [2.75, 3.05) is 19.0 Å². The van der Waals surface area contributed by atoms with Crippen molar-refractivity contribution in [3.05, 3.63) is 66.5 Å². The maximum Gasteiger partial charge on any atom is 0.262 e. The number of carbonyl (C=O) groups is 1. The lowest BCUT2D eigenvalue weighted by Crippen LogP contribution is -2.20. The average molecular weight is 353 g/mol. The molecule has 1 N–H and O–H groups in total. The van der Waals surface area contributed by atoms with Gasteiger partial charge in [0.25, 0.3) is 5.91 Å². The molecule has 1 aromatic heterocycles. The van der Waals surface area contributed by atoms with Gasteiger partial charge in [-0.05, 0) is 42.5 Å². The number of nitrogens with one attached hydrogen (secondary N) is 1. The summed E-state index contributed by atoms with van der Waals surface area (Å²) in [7, 11) is 1.53. The molecule has 0 aliphatic heterocycles. The smallest absolute Gasteiger partial charge is 0.262 e. The number of benzene rings is 2. The van der Waals surface area contributed by atoms with Crippen LogP contribution in [0.15, 0.2) is 60.7 Å². The van der Waals surface area contributed by atoms with Gasteiger partial charge >= 0.3 is 0 Å². The monoisotopic (exact) mass is 353 g/mol. The van der Waals surface area contributed by atoms with Crippen molar-refractivity contribution < 1.29 is 18.7 Å². The number of rotatable bonds is 6. The highest BCUT2D eigenvalue weighted by Crippen LogP contribution is 2.20. The molecular weight excluding hydrogens is 337 g/mol. The Balaban J connectivity index is 1.56. The standard InChI is InChI=1S/C19H16FN3O3/c1-25-19-11-10-17(22-23-19)13-2-6-15(7-3-13)21-18(24)12-26-16-8-4-14(20)5-9-16/h2-11H,12H2,1H3,(H,21,24). The fourth-order valence-corrected chi connectivity index (χ4v) is 2.18. The van der Waals surface area contributed by atoms with Crippen molar-refractivity contribution in [2.24, 2.45) is 0 Å². The van der Waals surface area contributed by atoms with Gasteiger partial charge < -0.3 is 14.8 Å². The summed E-state index contributed by atoms with van der Waals surface area (Å²) in [5.41, 5.74) is 2.19. The summed E-state index contributed by atoms with van der Waals surface area (Å²) < 4.78 is 23.1. The first-order valence-corrected chi connectivity index (χ1v) is 7.80. The van der Waals surface area contributed by atoms with Crippen molar-refractivity contribution in [1.82, 2.24) is 10.2 Å². The van der Waals surface area contributed by atoms with E-state index in [1.54, 1.807) is 24.3 Å². The molecule has 7 heteroatoms. The molecule has 3 aromatic rings. The molecule has 0 saturated heterocycles. The predicted octanol–water partition coefficient (Wildman–Crippen LogP) is 3.31. The second-order valence-corrected chi connectivity index (χ2v) is 5.33. The molecule has 0 radical (unpaired) electrons. The van der Waals surface area contributed by atoms with Crippen LogP contribution in [0, 0.1) is 5.82 Å². The van der Waals surface area contributed by atoms with Crippen molar-refractivity contribution >= 4 is 11.6 Å². The van der Waals surface area contributed by atoms with E-state index in [1.807, 2.05) is 12.1 Å². The summed E-state index contributed by atoms with van der Waals surface area (Å²) >= 11 is 0. The molecule has 0 spiro atoms. The number of anilines is 1. The third-order valence-electron chi connectivity index (χ3n) is 3.50. The Morgan fingerprint density at radius 1 is 1.00 bits per heavy atom. The fourth-order valence-electron chi connectivity index (χ4n) is 2.18. The minimum Gasteiger partial charge on any atom is -0.484 e. The Hall–Kier alpha value is -3.48. The van der Waals surface area contributed by atoms with Gasteiger partial charge in [-0.15, -0.1) is 10.2 Å². The molecule has 3 rings (SSSR count). The Morgan fingerprint density at radius 2 is 1.73 bits per heavy atom. The molecule has 26 heavy (non-hydrogen) atoms. The first-order chi connectivity index (χ1) is 12.6. The third-order valence-corrected chi connectivity index (χ3v) is 3.50. The average Bonchev–Trinajstić information content (AvgIpc) is 2.68. The second-order valence-electron chi connectivity index (χ2n) is 5.33. The van der Waals surface area contributed by atoms with E-state index in [2.05, 4.69) is 15.5 Å². The summed E-state index contributed by atoms with van der Waals surface area (Å²) in [6, 6.07) is 16.2. The molecule has 132 valence electrons. The molecule has 0 bridgehead atoms. The van der Waals surface area contributed by atoms with Gasteiger partial charge in [0.15, 0.2) is 6.61 Å². The van der Waals surface area contributed by atoms with Crippen LogP contribution in [0.3, 0.4) is 0 Å². The van der Waals surface area contributed by atoms with Crippen molar-refractivity contribution in [1.29, 1.82) is 0 Å². The largest absolute Gasteiger partial charge is 0.484 e. The Bertz CT molecular complexity index is 866. The van der Waals surface area contributed by atoms with E-state index in [4.69, 9.17) is 9.47 Å². The zero-order valence-electron chi connectivity index (χ0n) is 14.0. The van der Waals surface area contributed by atoms with E-state index in [0.29, 0.717) is 23.0 Å². The van der Waals surface area contributed by atoms with Crippen LogP contribution in [-0.4, -0.2) is 29.8 Å². The summed E-state index contributed by atoms with van der Waals surface area (Å²) in [5.74, 6) is 0.198. The normalized spacial score (nSPS) is 10.2. The number of halogens is 1. The topological polar surface area (TPSA) is 73.3 Å². The number of nitrogens with zero attached hydrogens (tertiary/aromatic N) is 2. The number of hydrogen-bond acceptors (Lipinski definition) is 5.